The third-order valence-corrected chi connectivity index (χ3v) is 16.6. The lowest BCUT2D eigenvalue weighted by Gasteiger charge is -2.19. The Kier molecular flexibility index (Phi) is 89.2. The Balaban J connectivity index is -0.00000211. The maximum atomic E-state index is 12.9. The molecule has 139 heavy (non-hydrogen) atoms. The second kappa shape index (κ2) is 92.0. The van der Waals surface area contributed by atoms with E-state index in [1.54, 1.807) is 90.2 Å². The summed E-state index contributed by atoms with van der Waals surface area (Å²) in [7, 11) is 2.85. The molecule has 0 aromatic rings. The molecular formula is C91H174N12O36. The third kappa shape index (κ3) is 102. The molecule has 3 atom stereocenters. The Morgan fingerprint density at radius 2 is 0.446 bits per heavy atom. The van der Waals surface area contributed by atoms with Gasteiger partial charge in [-0.2, -0.15) is 0 Å². The Bertz CT molecular complexity index is 3140. The van der Waals surface area contributed by atoms with Gasteiger partial charge in [-0.15, -0.1) is 0 Å². The van der Waals surface area contributed by atoms with Crippen LogP contribution < -0.4 is 63.8 Å². The number of esters is 1. The molecular weight excluding hydrogens is 1840 g/mol. The van der Waals surface area contributed by atoms with E-state index in [1.165, 1.54) is 7.11 Å². The van der Waals surface area contributed by atoms with Crippen LogP contribution in [0.4, 0.5) is 19.2 Å². The van der Waals surface area contributed by atoms with E-state index in [4.69, 9.17) is 109 Å². The SMILES string of the molecule is CCCNC(=O)C(CCCCNC(=O)COCCOCCOCCNC(=O)OC(C)(C)C)NC(=O)COCCOCCOCCNC(=O)OC(C)(C)C.CCOCC(=O)NCCCCC(NC(=O)COCCOCCOC)C(=O)OC.CCOCCOCCNC(=O)C(CCCCNC(=O)COCCOCCOCCNC(=O)OC(C)(C)C)NC(=O)COCCOCCOCCNC(=O)OC(C)(C)C. The van der Waals surface area contributed by atoms with Crippen LogP contribution in [0, 0.1) is 0 Å². The van der Waals surface area contributed by atoms with E-state index in [0.29, 0.717) is 249 Å². The zero-order valence-electron chi connectivity index (χ0n) is 86.1. The van der Waals surface area contributed by atoms with E-state index in [0.717, 1.165) is 6.42 Å². The molecule has 48 nitrogen and oxygen atoms in total. The highest BCUT2D eigenvalue weighted by molar-refractivity contribution is 5.89. The highest BCUT2D eigenvalue weighted by Gasteiger charge is 2.26. The van der Waals surface area contributed by atoms with Crippen molar-refractivity contribution in [2.24, 2.45) is 0 Å². The smallest absolute Gasteiger partial charge is 0.407 e. The van der Waals surface area contributed by atoms with Crippen LogP contribution in [0.15, 0.2) is 0 Å². The Morgan fingerprint density at radius 3 is 0.705 bits per heavy atom. The number of alkyl carbamates (subject to hydrolysis) is 4. The first-order chi connectivity index (χ1) is 66.3. The van der Waals surface area contributed by atoms with Gasteiger partial charge in [-0.3, -0.25) is 38.4 Å². The molecule has 814 valence electrons. The summed E-state index contributed by atoms with van der Waals surface area (Å²) in [4.78, 5) is 156. The number of hydrogen-bond donors (Lipinski definition) is 12. The summed E-state index contributed by atoms with van der Waals surface area (Å²) in [5.41, 5.74) is -2.24. The fourth-order valence-corrected chi connectivity index (χ4v) is 10.3. The van der Waals surface area contributed by atoms with E-state index >= 15 is 0 Å². The lowest BCUT2D eigenvalue weighted by molar-refractivity contribution is -0.146. The summed E-state index contributed by atoms with van der Waals surface area (Å²) >= 11 is 0. The summed E-state index contributed by atoms with van der Waals surface area (Å²) in [5, 5.41) is 32.3. The van der Waals surface area contributed by atoms with Gasteiger partial charge in [0, 0.05) is 79.2 Å². The first kappa shape index (κ1) is 135. The van der Waals surface area contributed by atoms with Crippen LogP contribution >= 0.6 is 0 Å². The number of unbranched alkanes of at least 4 members (excludes halogenated alkanes) is 3. The predicted molar refractivity (Wildman–Crippen MR) is 509 cm³/mol. The molecule has 3 unspecified atom stereocenters. The van der Waals surface area contributed by atoms with Crippen LogP contribution in [0.25, 0.3) is 0 Å². The number of ether oxygens (including phenoxy) is 23. The molecule has 0 radical (unpaired) electrons. The minimum atomic E-state index is -0.809. The number of hydrogen-bond acceptors (Lipinski definition) is 36. The zero-order chi connectivity index (χ0) is 104. The lowest BCUT2D eigenvalue weighted by Crippen LogP contribution is -2.48. The van der Waals surface area contributed by atoms with Crippen LogP contribution in [-0.4, -0.2) is 422 Å². The second-order valence-corrected chi connectivity index (χ2v) is 33.9. The van der Waals surface area contributed by atoms with Crippen molar-refractivity contribution in [1.82, 2.24) is 63.8 Å². The second-order valence-electron chi connectivity index (χ2n) is 33.9. The zero-order valence-corrected chi connectivity index (χ0v) is 86.1. The maximum absolute atomic E-state index is 12.9. The van der Waals surface area contributed by atoms with Gasteiger partial charge in [0.25, 0.3) is 0 Å². The maximum Gasteiger partial charge on any atom is 0.407 e. The van der Waals surface area contributed by atoms with Gasteiger partial charge >= 0.3 is 30.3 Å². The average molecular weight is 2010 g/mol. The van der Waals surface area contributed by atoms with Crippen molar-refractivity contribution in [3.05, 3.63) is 0 Å². The van der Waals surface area contributed by atoms with Gasteiger partial charge in [0.05, 0.1) is 185 Å². The molecule has 0 heterocycles. The molecule has 0 aromatic heterocycles. The molecule has 0 rings (SSSR count). The van der Waals surface area contributed by atoms with E-state index < -0.39 is 88.6 Å². The number of nitrogens with one attached hydrogen (secondary N) is 12. The Labute approximate surface area is 822 Å². The lowest BCUT2D eigenvalue weighted by atomic mass is 10.1. The molecule has 0 saturated carbocycles. The van der Waals surface area contributed by atoms with Crippen molar-refractivity contribution in [3.8, 4) is 0 Å². The van der Waals surface area contributed by atoms with E-state index in [9.17, 15) is 62.3 Å². The van der Waals surface area contributed by atoms with Crippen molar-refractivity contribution in [1.29, 1.82) is 0 Å². The predicted octanol–water partition coefficient (Wildman–Crippen LogP) is 2.16. The van der Waals surface area contributed by atoms with Crippen LogP contribution in [-0.2, 0) is 152 Å². The molecule has 48 heteroatoms. The number of amides is 12. The number of rotatable bonds is 85. The first-order valence-electron chi connectivity index (χ1n) is 47.8. The molecule has 12 N–H and O–H groups in total. The Hall–Kier alpha value is -8.41. The number of carbonyl (C=O) groups excluding carboxylic acids is 13. The summed E-state index contributed by atoms with van der Waals surface area (Å²) in [6, 6.07) is -2.29. The quantitative estimate of drug-likeness (QED) is 0.0236. The van der Waals surface area contributed by atoms with E-state index in [-0.39, 0.29) is 129 Å². The fourth-order valence-electron chi connectivity index (χ4n) is 10.3. The van der Waals surface area contributed by atoms with Gasteiger partial charge in [0.2, 0.25) is 47.3 Å². The van der Waals surface area contributed by atoms with Crippen molar-refractivity contribution < 1.29 is 171 Å². The van der Waals surface area contributed by atoms with Gasteiger partial charge in [-0.25, -0.2) is 24.0 Å². The molecule has 0 aliphatic rings. The third-order valence-electron chi connectivity index (χ3n) is 16.6. The minimum absolute atomic E-state index is 0.0365. The number of methoxy groups -OCH3 is 2. The molecule has 0 spiro atoms. The van der Waals surface area contributed by atoms with Crippen molar-refractivity contribution in [3.63, 3.8) is 0 Å². The van der Waals surface area contributed by atoms with Crippen molar-refractivity contribution >= 4 is 77.6 Å². The van der Waals surface area contributed by atoms with Crippen molar-refractivity contribution in [2.75, 3.05) is 304 Å². The fraction of sp³-hybridized carbons (Fsp3) is 0.857. The first-order valence-corrected chi connectivity index (χ1v) is 47.8. The topological polar surface area (TPSA) is 579 Å². The molecule has 0 fully saturated rings. The van der Waals surface area contributed by atoms with Gasteiger partial charge in [0.1, 0.15) is 80.2 Å². The highest BCUT2D eigenvalue weighted by atomic mass is 16.6. The van der Waals surface area contributed by atoms with Crippen LogP contribution in [0.5, 0.6) is 0 Å². The standard InChI is InChI=1S/C38H73N5O15.C35H67N5O13.C18H34N2O8/c1-8-49-19-20-50-16-13-40-34(46)31(43-33(45)30-56-28-26-54-24-22-52-18-15-42-36(48)58-38(5,6)7)11-9-10-12-39-32(44)29-55-27-25-53-23-21-51-17-14-41-35(47)57-37(2,3)4;1-8-12-37-31(43)28(40-30(42)27-51-25-23-49-21-19-47-17-15-39-33(45)53-35(5,6)7)11-9-10-13-36-29(41)26-50-24-22-48-20-18-46-16-14-38-32(44)52-34(2,3)4;1-4-26-13-16(21)19-8-6-5-7-15(18(23)25-3)20-17(22)14-28-12-11-27-10-9-24-2/h31H,8-30H2,1-7H3,(H,39,44)(H,40,46)(H,41,47)(H,42,48)(H,43,45);28H,8-27H2,1-7H3,(H,36,41)(H,37,43)(H,38,44)(H,39,45)(H,40,42);15H,4-14H2,1-3H3,(H,19,21)(H,20,22). The molecule has 0 bridgehead atoms. The normalized spacial score (nSPS) is 12.0. The van der Waals surface area contributed by atoms with Crippen LogP contribution in [0.2, 0.25) is 0 Å². The molecule has 0 aliphatic carbocycles. The Morgan fingerprint density at radius 1 is 0.223 bits per heavy atom. The summed E-state index contributed by atoms with van der Waals surface area (Å²) < 4.78 is 121. The van der Waals surface area contributed by atoms with Crippen LogP contribution in [0.1, 0.15) is 168 Å². The molecule has 0 aliphatic heterocycles. The van der Waals surface area contributed by atoms with E-state index in [2.05, 4.69) is 63.8 Å². The molecule has 12 amide bonds. The summed E-state index contributed by atoms with van der Waals surface area (Å²) in [6.07, 6.45) is 3.50. The highest BCUT2D eigenvalue weighted by Crippen LogP contribution is 2.11. The van der Waals surface area contributed by atoms with Crippen molar-refractivity contribution in [2.45, 2.75) is 209 Å². The number of carbonyl (C=O) groups is 13. The summed E-state index contributed by atoms with van der Waals surface area (Å²) in [5.74, 6) is -3.15. The van der Waals surface area contributed by atoms with Gasteiger partial charge in [-0.05, 0) is 161 Å². The summed E-state index contributed by atoms with van der Waals surface area (Å²) in [6.45, 7) is 39.1. The van der Waals surface area contributed by atoms with E-state index in [1.807, 2.05) is 20.8 Å². The monoisotopic (exact) mass is 2010 g/mol. The molecule has 0 saturated heterocycles. The van der Waals surface area contributed by atoms with Gasteiger partial charge in [0.15, 0.2) is 0 Å². The largest absolute Gasteiger partial charge is 0.467 e. The minimum Gasteiger partial charge on any atom is -0.467 e. The van der Waals surface area contributed by atoms with Gasteiger partial charge < -0.3 is 173 Å². The average Bonchev–Trinajstić information content (AvgIpc) is 0.900. The van der Waals surface area contributed by atoms with Gasteiger partial charge in [-0.1, -0.05) is 6.92 Å². The molecule has 0 aromatic carbocycles. The van der Waals surface area contributed by atoms with Crippen LogP contribution in [0.3, 0.4) is 0 Å².